The molecule has 9 heteroatoms. The van der Waals surface area contributed by atoms with Crippen molar-refractivity contribution < 1.29 is 23.5 Å². The molecule has 0 fully saturated rings. The van der Waals surface area contributed by atoms with Gasteiger partial charge in [-0.3, -0.25) is 14.4 Å². The van der Waals surface area contributed by atoms with Crippen LogP contribution in [-0.4, -0.2) is 24.3 Å². The number of carbonyl (C=O) groups excluding carboxylic acids is 3. The Bertz CT molecular complexity index is 2130. The van der Waals surface area contributed by atoms with Gasteiger partial charge >= 0.3 is 0 Å². The Morgan fingerprint density at radius 1 is 0.717 bits per heavy atom. The molecule has 1 heterocycles. The van der Waals surface area contributed by atoms with Crippen molar-refractivity contribution in [3.8, 4) is 17.1 Å². The van der Waals surface area contributed by atoms with Gasteiger partial charge < -0.3 is 25.1 Å². The van der Waals surface area contributed by atoms with Crippen LogP contribution in [0.4, 0.5) is 11.4 Å². The number of benzene rings is 5. The monoisotopic (exact) mass is 721 g/mol. The number of anilines is 2. The molecule has 6 rings (SSSR count). The zero-order valence-corrected chi connectivity index (χ0v) is 30.0. The van der Waals surface area contributed by atoms with Crippen LogP contribution < -0.4 is 20.7 Å². The van der Waals surface area contributed by atoms with Crippen molar-refractivity contribution in [3.63, 3.8) is 0 Å². The predicted octanol–water partition coefficient (Wildman–Crippen LogP) is 10.0. The molecule has 6 aromatic rings. The Hall–Kier alpha value is -6.32. The third-order valence-electron chi connectivity index (χ3n) is 8.10. The van der Waals surface area contributed by atoms with Crippen molar-refractivity contribution in [1.29, 1.82) is 0 Å². The molecule has 5 aromatic carbocycles. The maximum atomic E-state index is 13.7. The first-order valence-electron chi connectivity index (χ1n) is 17.4. The summed E-state index contributed by atoms with van der Waals surface area (Å²) in [6.45, 7) is 2.77. The molecule has 1 unspecified atom stereocenters. The van der Waals surface area contributed by atoms with Gasteiger partial charge in [-0.25, -0.2) is 0 Å². The summed E-state index contributed by atoms with van der Waals surface area (Å²) in [5.74, 6) is 0.653. The topological polar surface area (TPSA) is 110 Å². The highest BCUT2D eigenvalue weighted by atomic mass is 32.2. The Morgan fingerprint density at radius 2 is 1.34 bits per heavy atom. The number of rotatable bonds is 15. The molecule has 0 bridgehead atoms. The second kappa shape index (κ2) is 18.3. The van der Waals surface area contributed by atoms with Crippen LogP contribution >= 0.6 is 11.8 Å². The van der Waals surface area contributed by atoms with Crippen LogP contribution in [0.5, 0.6) is 5.75 Å². The average molecular weight is 722 g/mol. The molecular weight excluding hydrogens is 683 g/mol. The quantitative estimate of drug-likeness (QED) is 0.0553. The summed E-state index contributed by atoms with van der Waals surface area (Å²) in [4.78, 5) is 41.3. The molecule has 0 saturated carbocycles. The highest BCUT2D eigenvalue weighted by molar-refractivity contribution is 8.00. The van der Waals surface area contributed by atoms with E-state index in [1.54, 1.807) is 42.5 Å². The molecule has 8 nitrogen and oxygen atoms in total. The summed E-state index contributed by atoms with van der Waals surface area (Å²) in [6, 6.07) is 46.0. The fourth-order valence-corrected chi connectivity index (χ4v) is 6.33. The van der Waals surface area contributed by atoms with E-state index < -0.39 is 17.1 Å². The minimum absolute atomic E-state index is 0.00707. The lowest BCUT2D eigenvalue weighted by atomic mass is 10.1. The van der Waals surface area contributed by atoms with Crippen molar-refractivity contribution in [2.45, 2.75) is 29.9 Å². The Morgan fingerprint density at radius 3 is 2.02 bits per heavy atom. The molecular formula is C44H39N3O5S. The number of unbranched alkanes of at least 4 members (excludes halogenated alkanes) is 1. The van der Waals surface area contributed by atoms with E-state index in [1.807, 2.05) is 109 Å². The molecule has 3 amide bonds. The first-order chi connectivity index (χ1) is 25.9. The van der Waals surface area contributed by atoms with Gasteiger partial charge in [-0.05, 0) is 84.8 Å². The van der Waals surface area contributed by atoms with Crippen LogP contribution in [-0.2, 0) is 9.59 Å². The number of hydrogen-bond donors (Lipinski definition) is 3. The van der Waals surface area contributed by atoms with Gasteiger partial charge in [-0.1, -0.05) is 92.2 Å². The summed E-state index contributed by atoms with van der Waals surface area (Å²) >= 11 is 1.40. The predicted molar refractivity (Wildman–Crippen MR) is 212 cm³/mol. The molecule has 53 heavy (non-hydrogen) atoms. The maximum absolute atomic E-state index is 13.7. The molecule has 1 aromatic heterocycles. The van der Waals surface area contributed by atoms with E-state index in [2.05, 4.69) is 22.9 Å². The van der Waals surface area contributed by atoms with Crippen molar-refractivity contribution in [2.24, 2.45) is 0 Å². The normalized spacial score (nSPS) is 11.7. The van der Waals surface area contributed by atoms with E-state index in [9.17, 15) is 14.4 Å². The van der Waals surface area contributed by atoms with Gasteiger partial charge in [0.15, 0.2) is 0 Å². The second-order valence-electron chi connectivity index (χ2n) is 12.0. The third kappa shape index (κ3) is 10.4. The van der Waals surface area contributed by atoms with Gasteiger partial charge in [0, 0.05) is 33.5 Å². The van der Waals surface area contributed by atoms with Crippen LogP contribution in [0.1, 0.15) is 46.7 Å². The summed E-state index contributed by atoms with van der Waals surface area (Å²) in [7, 11) is 0. The smallest absolute Gasteiger partial charge is 0.272 e. The van der Waals surface area contributed by atoms with Crippen LogP contribution in [0, 0.1) is 0 Å². The van der Waals surface area contributed by atoms with Crippen molar-refractivity contribution in [2.75, 3.05) is 17.2 Å². The molecule has 0 radical (unpaired) electrons. The van der Waals surface area contributed by atoms with Gasteiger partial charge in [-0.15, -0.1) is 11.8 Å². The zero-order valence-electron chi connectivity index (χ0n) is 29.2. The molecule has 0 aliphatic rings. The van der Waals surface area contributed by atoms with E-state index in [0.29, 0.717) is 35.1 Å². The number of hydrogen-bond acceptors (Lipinski definition) is 6. The molecule has 0 aliphatic carbocycles. The van der Waals surface area contributed by atoms with Crippen molar-refractivity contribution >= 4 is 46.9 Å². The number of thioether (sulfide) groups is 1. The number of furan rings is 1. The molecule has 0 aliphatic heterocycles. The summed E-state index contributed by atoms with van der Waals surface area (Å²) in [6.07, 6.45) is 3.54. The average Bonchev–Trinajstić information content (AvgIpc) is 3.67. The molecule has 0 spiro atoms. The minimum Gasteiger partial charge on any atom is -0.494 e. The van der Waals surface area contributed by atoms with Crippen LogP contribution in [0.3, 0.4) is 0 Å². The first-order valence-corrected chi connectivity index (χ1v) is 18.2. The fraction of sp³-hybridized carbons (Fsp3) is 0.114. The SMILES string of the molecule is CCCCOc1ccc(NC(=O)C(Sc2ccc(NC(=O)/C(=C\c3ccc(-c4ccccc4)o3)NC(=O)c3ccccc3)cc2)c2ccccc2)cc1. The summed E-state index contributed by atoms with van der Waals surface area (Å²) in [5, 5.41) is 8.13. The fourth-order valence-electron chi connectivity index (χ4n) is 5.30. The molecule has 3 N–H and O–H groups in total. The van der Waals surface area contributed by atoms with Gasteiger partial charge in [0.05, 0.1) is 6.61 Å². The molecule has 0 saturated heterocycles. The van der Waals surface area contributed by atoms with Gasteiger partial charge in [0.25, 0.3) is 11.8 Å². The zero-order chi connectivity index (χ0) is 36.8. The largest absolute Gasteiger partial charge is 0.494 e. The van der Waals surface area contributed by atoms with Gasteiger partial charge in [0.1, 0.15) is 28.2 Å². The number of ether oxygens (including phenoxy) is 1. The standard InChI is InChI=1S/C44H39N3O5S/c1-2-3-29-51-36-23-19-34(20-24-36)46-44(50)41(32-15-9-5-10-16-32)53-38-26-21-35(22-27-38)45-43(49)39(47-42(48)33-17-11-6-12-18-33)30-37-25-28-40(52-37)31-13-7-4-8-14-31/h4-28,30,41H,2-3,29H2,1H3,(H,45,49)(H,46,50)(H,47,48)/b39-30+. The van der Waals surface area contributed by atoms with E-state index in [1.165, 1.54) is 17.8 Å². The highest BCUT2D eigenvalue weighted by Gasteiger charge is 2.23. The number of amides is 3. The molecule has 266 valence electrons. The Kier molecular flexibility index (Phi) is 12.6. The van der Waals surface area contributed by atoms with Gasteiger partial charge in [-0.2, -0.15) is 0 Å². The van der Waals surface area contributed by atoms with E-state index in [0.717, 1.165) is 34.6 Å². The van der Waals surface area contributed by atoms with Crippen LogP contribution in [0.2, 0.25) is 0 Å². The van der Waals surface area contributed by atoms with E-state index >= 15 is 0 Å². The highest BCUT2D eigenvalue weighted by Crippen LogP contribution is 2.37. The third-order valence-corrected chi connectivity index (χ3v) is 9.36. The van der Waals surface area contributed by atoms with Crippen molar-refractivity contribution in [1.82, 2.24) is 5.32 Å². The van der Waals surface area contributed by atoms with Crippen molar-refractivity contribution in [3.05, 3.63) is 174 Å². The van der Waals surface area contributed by atoms with Crippen LogP contribution in [0.15, 0.2) is 167 Å². The lowest BCUT2D eigenvalue weighted by Gasteiger charge is -2.18. The summed E-state index contributed by atoms with van der Waals surface area (Å²) in [5.41, 5.74) is 3.33. The minimum atomic E-state index is -0.547. The summed E-state index contributed by atoms with van der Waals surface area (Å²) < 4.78 is 11.8. The second-order valence-corrected chi connectivity index (χ2v) is 13.2. The number of nitrogens with one attached hydrogen (secondary N) is 3. The van der Waals surface area contributed by atoms with Crippen LogP contribution in [0.25, 0.3) is 17.4 Å². The number of carbonyl (C=O) groups is 3. The first kappa shape index (κ1) is 36.5. The lowest BCUT2D eigenvalue weighted by molar-refractivity contribution is -0.116. The molecule has 1 atom stereocenters. The van der Waals surface area contributed by atoms with E-state index in [4.69, 9.17) is 9.15 Å². The Balaban J connectivity index is 1.16. The lowest BCUT2D eigenvalue weighted by Crippen LogP contribution is -2.30. The maximum Gasteiger partial charge on any atom is 0.272 e. The van der Waals surface area contributed by atoms with Gasteiger partial charge in [0.2, 0.25) is 5.91 Å². The Labute approximate surface area is 313 Å². The van der Waals surface area contributed by atoms with E-state index in [-0.39, 0.29) is 11.6 Å².